The summed E-state index contributed by atoms with van der Waals surface area (Å²) >= 11 is 0. The molecule has 0 aliphatic heterocycles. The Morgan fingerprint density at radius 3 is 2.24 bits per heavy atom. The van der Waals surface area contributed by atoms with Crippen molar-refractivity contribution in [3.63, 3.8) is 0 Å². The zero-order valence-corrected chi connectivity index (χ0v) is 16.5. The maximum Gasteiger partial charge on any atom is 0.203 e. The lowest BCUT2D eigenvalue weighted by Gasteiger charge is -2.15. The predicted molar refractivity (Wildman–Crippen MR) is 110 cm³/mol. The quantitative estimate of drug-likeness (QED) is 0.563. The molecule has 2 aromatic carbocycles. The predicted octanol–water partition coefficient (Wildman–Crippen LogP) is 4.04. The zero-order valence-electron chi connectivity index (χ0n) is 16.5. The number of aromatic nitrogens is 2. The lowest BCUT2D eigenvalue weighted by molar-refractivity contribution is 0.324. The molecular weight excluding hydrogens is 375 g/mol. The van der Waals surface area contributed by atoms with Gasteiger partial charge >= 0.3 is 0 Å². The molecule has 0 unspecified atom stereocenters. The van der Waals surface area contributed by atoms with Gasteiger partial charge < -0.3 is 24.8 Å². The van der Waals surface area contributed by atoms with Gasteiger partial charge in [0.05, 0.1) is 21.3 Å². The van der Waals surface area contributed by atoms with Crippen molar-refractivity contribution in [2.75, 3.05) is 38.5 Å². The number of benzene rings is 2. The van der Waals surface area contributed by atoms with Crippen LogP contribution < -0.4 is 24.8 Å². The average molecular weight is 398 g/mol. The van der Waals surface area contributed by atoms with E-state index in [1.165, 1.54) is 12.4 Å². The molecule has 0 saturated heterocycles. The van der Waals surface area contributed by atoms with Crippen LogP contribution in [-0.2, 0) is 6.42 Å². The third kappa shape index (κ3) is 5.04. The van der Waals surface area contributed by atoms with Crippen molar-refractivity contribution in [3.05, 3.63) is 60.2 Å². The molecule has 0 spiro atoms. The Morgan fingerprint density at radius 1 is 0.897 bits per heavy atom. The summed E-state index contributed by atoms with van der Waals surface area (Å²) in [6.45, 7) is 0.543. The summed E-state index contributed by atoms with van der Waals surface area (Å²) in [6, 6.07) is 12.1. The summed E-state index contributed by atoms with van der Waals surface area (Å²) in [6.07, 6.45) is 2.00. The molecule has 0 saturated carbocycles. The minimum absolute atomic E-state index is 0.207. The summed E-state index contributed by atoms with van der Waals surface area (Å²) in [4.78, 5) is 8.44. The van der Waals surface area contributed by atoms with Crippen molar-refractivity contribution in [2.45, 2.75) is 6.42 Å². The van der Waals surface area contributed by atoms with Gasteiger partial charge in [-0.2, -0.15) is 0 Å². The van der Waals surface area contributed by atoms with Crippen molar-refractivity contribution >= 4 is 17.3 Å². The average Bonchev–Trinajstić information content (AvgIpc) is 2.74. The Kier molecular flexibility index (Phi) is 6.67. The first-order valence-electron chi connectivity index (χ1n) is 9.01. The number of anilines is 3. The van der Waals surface area contributed by atoms with Gasteiger partial charge in [-0.25, -0.2) is 14.4 Å². The van der Waals surface area contributed by atoms with Crippen LogP contribution in [0, 0.1) is 5.82 Å². The van der Waals surface area contributed by atoms with Gasteiger partial charge in [0.2, 0.25) is 5.75 Å². The maximum absolute atomic E-state index is 13.7. The van der Waals surface area contributed by atoms with Crippen LogP contribution in [0.5, 0.6) is 17.2 Å². The van der Waals surface area contributed by atoms with Crippen LogP contribution in [0.3, 0.4) is 0 Å². The molecule has 1 aromatic heterocycles. The number of methoxy groups -OCH3 is 3. The van der Waals surface area contributed by atoms with E-state index in [0.29, 0.717) is 47.4 Å². The Bertz CT molecular complexity index is 943. The lowest BCUT2D eigenvalue weighted by atomic mass is 10.1. The summed E-state index contributed by atoms with van der Waals surface area (Å²) in [5.41, 5.74) is 1.38. The summed E-state index contributed by atoms with van der Waals surface area (Å²) < 4.78 is 29.8. The van der Waals surface area contributed by atoms with Gasteiger partial charge in [0.25, 0.3) is 0 Å². The fourth-order valence-corrected chi connectivity index (χ4v) is 2.85. The first kappa shape index (κ1) is 20.2. The third-order valence-corrected chi connectivity index (χ3v) is 4.26. The van der Waals surface area contributed by atoms with Crippen molar-refractivity contribution in [1.29, 1.82) is 0 Å². The van der Waals surface area contributed by atoms with Crippen molar-refractivity contribution in [3.8, 4) is 17.2 Å². The number of hydrogen-bond donors (Lipinski definition) is 2. The first-order valence-corrected chi connectivity index (χ1v) is 9.01. The molecule has 0 bridgehead atoms. The van der Waals surface area contributed by atoms with Gasteiger partial charge in [0, 0.05) is 30.4 Å². The number of halogens is 1. The van der Waals surface area contributed by atoms with E-state index in [-0.39, 0.29) is 5.82 Å². The molecular formula is C21H23FN4O3. The van der Waals surface area contributed by atoms with E-state index in [9.17, 15) is 4.39 Å². The molecule has 0 amide bonds. The first-order chi connectivity index (χ1) is 14.1. The highest BCUT2D eigenvalue weighted by atomic mass is 19.1. The van der Waals surface area contributed by atoms with Crippen LogP contribution in [0.25, 0.3) is 0 Å². The fraction of sp³-hybridized carbons (Fsp3) is 0.238. The highest BCUT2D eigenvalue weighted by molar-refractivity contribution is 5.67. The molecule has 1 heterocycles. The number of rotatable bonds is 9. The molecule has 8 heteroatoms. The Labute approximate surface area is 168 Å². The SMILES string of the molecule is COc1cc(Nc2cc(NCCc3ccccc3F)ncn2)cc(OC)c1OC. The fourth-order valence-electron chi connectivity index (χ4n) is 2.85. The van der Waals surface area contributed by atoms with Crippen LogP contribution >= 0.6 is 0 Å². The van der Waals surface area contributed by atoms with Crippen LogP contribution in [0.15, 0.2) is 48.8 Å². The molecule has 152 valence electrons. The third-order valence-electron chi connectivity index (χ3n) is 4.26. The van der Waals surface area contributed by atoms with Gasteiger partial charge in [-0.15, -0.1) is 0 Å². The van der Waals surface area contributed by atoms with E-state index in [1.54, 1.807) is 51.7 Å². The molecule has 0 aliphatic carbocycles. The number of ether oxygens (including phenoxy) is 3. The molecule has 3 aromatic rings. The van der Waals surface area contributed by atoms with Crippen molar-refractivity contribution in [2.24, 2.45) is 0 Å². The Balaban J connectivity index is 1.69. The van der Waals surface area contributed by atoms with Crippen LogP contribution in [0.4, 0.5) is 21.7 Å². The largest absolute Gasteiger partial charge is 0.493 e. The van der Waals surface area contributed by atoms with E-state index < -0.39 is 0 Å². The Hall–Kier alpha value is -3.55. The number of hydrogen-bond acceptors (Lipinski definition) is 7. The normalized spacial score (nSPS) is 10.3. The molecule has 0 aliphatic rings. The standard InChI is InChI=1S/C21H23FN4O3/c1-27-17-10-15(11-18(28-2)21(17)29-3)26-20-12-19(24-13-25-20)23-9-8-14-6-4-5-7-16(14)22/h4-7,10-13H,8-9H2,1-3H3,(H2,23,24,25,26). The smallest absolute Gasteiger partial charge is 0.203 e. The van der Waals surface area contributed by atoms with Gasteiger partial charge in [0.1, 0.15) is 23.8 Å². The van der Waals surface area contributed by atoms with Crippen LogP contribution in [0.1, 0.15) is 5.56 Å². The van der Waals surface area contributed by atoms with Gasteiger partial charge in [0.15, 0.2) is 11.5 Å². The molecule has 0 radical (unpaired) electrons. The number of nitrogens with zero attached hydrogens (tertiary/aromatic N) is 2. The lowest BCUT2D eigenvalue weighted by Crippen LogP contribution is -2.08. The topological polar surface area (TPSA) is 77.5 Å². The van der Waals surface area contributed by atoms with E-state index >= 15 is 0 Å². The van der Waals surface area contributed by atoms with Gasteiger partial charge in [-0.3, -0.25) is 0 Å². The monoisotopic (exact) mass is 398 g/mol. The second-order valence-corrected chi connectivity index (χ2v) is 6.10. The van der Waals surface area contributed by atoms with Crippen LogP contribution in [-0.4, -0.2) is 37.8 Å². The van der Waals surface area contributed by atoms with E-state index in [4.69, 9.17) is 14.2 Å². The molecule has 0 fully saturated rings. The van der Waals surface area contributed by atoms with Crippen molar-refractivity contribution < 1.29 is 18.6 Å². The zero-order chi connectivity index (χ0) is 20.6. The number of nitrogens with one attached hydrogen (secondary N) is 2. The second kappa shape index (κ2) is 9.59. The van der Waals surface area contributed by atoms with Gasteiger partial charge in [-0.1, -0.05) is 18.2 Å². The summed E-state index contributed by atoms with van der Waals surface area (Å²) in [5.74, 6) is 2.59. The minimum Gasteiger partial charge on any atom is -0.493 e. The summed E-state index contributed by atoms with van der Waals surface area (Å²) in [5, 5.41) is 6.38. The van der Waals surface area contributed by atoms with Crippen molar-refractivity contribution in [1.82, 2.24) is 9.97 Å². The maximum atomic E-state index is 13.7. The van der Waals surface area contributed by atoms with Crippen LogP contribution in [0.2, 0.25) is 0 Å². The van der Waals surface area contributed by atoms with E-state index in [1.807, 2.05) is 6.07 Å². The highest BCUT2D eigenvalue weighted by Gasteiger charge is 2.13. The Morgan fingerprint density at radius 2 is 1.59 bits per heavy atom. The molecule has 29 heavy (non-hydrogen) atoms. The molecule has 7 nitrogen and oxygen atoms in total. The molecule has 0 atom stereocenters. The highest BCUT2D eigenvalue weighted by Crippen LogP contribution is 2.40. The molecule has 3 rings (SSSR count). The molecule has 2 N–H and O–H groups in total. The second-order valence-electron chi connectivity index (χ2n) is 6.10. The minimum atomic E-state index is -0.207. The van der Waals surface area contributed by atoms with E-state index in [0.717, 1.165) is 5.69 Å². The van der Waals surface area contributed by atoms with E-state index in [2.05, 4.69) is 20.6 Å². The van der Waals surface area contributed by atoms with Gasteiger partial charge in [-0.05, 0) is 18.1 Å². The summed E-state index contributed by atoms with van der Waals surface area (Å²) in [7, 11) is 4.67.